The fraction of sp³-hybridized carbons (Fsp3) is 0.316. The van der Waals surface area contributed by atoms with Crippen molar-refractivity contribution >= 4 is 29.2 Å². The van der Waals surface area contributed by atoms with Gasteiger partial charge in [-0.15, -0.1) is 0 Å². The Balaban J connectivity index is 1.60. The standard InChI is InChI=1S/C19H18N4O4/c24-17(15-16(19(26)27)21-8-7-20-15)22-13-6-5-11-2-1-9-23(14(11)10-13)18(25)12-3-4-12/h5-8,10,12H,1-4,9H2,(H,22,24)(H,26,27). The summed E-state index contributed by atoms with van der Waals surface area (Å²) < 4.78 is 0. The predicted molar refractivity (Wildman–Crippen MR) is 96.8 cm³/mol. The minimum absolute atomic E-state index is 0.118. The van der Waals surface area contributed by atoms with Crippen molar-refractivity contribution < 1.29 is 19.5 Å². The van der Waals surface area contributed by atoms with Gasteiger partial charge in [0.1, 0.15) is 0 Å². The largest absolute Gasteiger partial charge is 0.476 e. The molecule has 1 aliphatic heterocycles. The van der Waals surface area contributed by atoms with Gasteiger partial charge in [-0.05, 0) is 43.4 Å². The number of carboxylic acids is 1. The number of aromatic nitrogens is 2. The Morgan fingerprint density at radius 3 is 2.56 bits per heavy atom. The Labute approximate surface area is 155 Å². The lowest BCUT2D eigenvalue weighted by Crippen LogP contribution is -2.36. The monoisotopic (exact) mass is 366 g/mol. The highest BCUT2D eigenvalue weighted by molar-refractivity contribution is 6.09. The van der Waals surface area contributed by atoms with Crippen molar-refractivity contribution in [3.63, 3.8) is 0 Å². The van der Waals surface area contributed by atoms with Gasteiger partial charge in [-0.3, -0.25) is 9.59 Å². The van der Waals surface area contributed by atoms with Crippen molar-refractivity contribution in [2.24, 2.45) is 5.92 Å². The van der Waals surface area contributed by atoms with Crippen molar-refractivity contribution in [2.75, 3.05) is 16.8 Å². The van der Waals surface area contributed by atoms with Crippen molar-refractivity contribution in [1.29, 1.82) is 0 Å². The number of carboxylic acid groups (broad SMARTS) is 1. The topological polar surface area (TPSA) is 112 Å². The molecule has 2 N–H and O–H groups in total. The first-order chi connectivity index (χ1) is 13.0. The van der Waals surface area contributed by atoms with Crippen molar-refractivity contribution in [3.05, 3.63) is 47.5 Å². The fourth-order valence-electron chi connectivity index (χ4n) is 3.28. The number of fused-ring (bicyclic) bond motifs is 1. The van der Waals surface area contributed by atoms with E-state index in [1.54, 1.807) is 17.0 Å². The molecule has 2 aromatic rings. The molecule has 1 aromatic carbocycles. The Morgan fingerprint density at radius 2 is 1.85 bits per heavy atom. The molecule has 138 valence electrons. The van der Waals surface area contributed by atoms with Crippen LogP contribution in [-0.4, -0.2) is 39.4 Å². The zero-order valence-corrected chi connectivity index (χ0v) is 14.5. The van der Waals surface area contributed by atoms with Gasteiger partial charge < -0.3 is 15.3 Å². The third-order valence-electron chi connectivity index (χ3n) is 4.77. The molecular weight excluding hydrogens is 348 g/mol. The lowest BCUT2D eigenvalue weighted by Gasteiger charge is -2.30. The number of nitrogens with zero attached hydrogens (tertiary/aromatic N) is 3. The summed E-state index contributed by atoms with van der Waals surface area (Å²) in [7, 11) is 0. The minimum Gasteiger partial charge on any atom is -0.476 e. The molecule has 0 bridgehead atoms. The van der Waals surface area contributed by atoms with E-state index in [0.29, 0.717) is 12.2 Å². The first-order valence-corrected chi connectivity index (χ1v) is 8.84. The molecule has 8 heteroatoms. The maximum Gasteiger partial charge on any atom is 0.356 e. The number of aromatic carboxylic acids is 1. The smallest absolute Gasteiger partial charge is 0.356 e. The van der Waals surface area contributed by atoms with Crippen LogP contribution in [0.3, 0.4) is 0 Å². The van der Waals surface area contributed by atoms with Crippen LogP contribution in [0.5, 0.6) is 0 Å². The van der Waals surface area contributed by atoms with E-state index in [2.05, 4.69) is 15.3 Å². The quantitative estimate of drug-likeness (QED) is 0.857. The summed E-state index contributed by atoms with van der Waals surface area (Å²) in [6.07, 6.45) is 6.16. The first kappa shape index (κ1) is 17.1. The van der Waals surface area contributed by atoms with Gasteiger partial charge >= 0.3 is 5.97 Å². The number of anilines is 2. The molecular formula is C19H18N4O4. The highest BCUT2D eigenvalue weighted by Gasteiger charge is 2.35. The van der Waals surface area contributed by atoms with Crippen LogP contribution in [0.4, 0.5) is 11.4 Å². The third-order valence-corrected chi connectivity index (χ3v) is 4.77. The summed E-state index contributed by atoms with van der Waals surface area (Å²) in [5.41, 5.74) is 1.70. The SMILES string of the molecule is O=C(O)c1nccnc1C(=O)Nc1ccc2c(c1)N(C(=O)C1CC1)CCC2. The van der Waals surface area contributed by atoms with Crippen molar-refractivity contribution in [3.8, 4) is 0 Å². The lowest BCUT2D eigenvalue weighted by atomic mass is 10.0. The van der Waals surface area contributed by atoms with Crippen LogP contribution in [0.15, 0.2) is 30.6 Å². The molecule has 27 heavy (non-hydrogen) atoms. The highest BCUT2D eigenvalue weighted by atomic mass is 16.4. The summed E-state index contributed by atoms with van der Waals surface area (Å²) in [6, 6.07) is 5.41. The summed E-state index contributed by atoms with van der Waals surface area (Å²) in [5, 5.41) is 11.8. The summed E-state index contributed by atoms with van der Waals surface area (Å²) in [6.45, 7) is 0.674. The maximum absolute atomic E-state index is 12.6. The van der Waals surface area contributed by atoms with Crippen LogP contribution >= 0.6 is 0 Å². The average Bonchev–Trinajstić information content (AvgIpc) is 3.52. The van der Waals surface area contributed by atoms with Gasteiger partial charge in [0.15, 0.2) is 11.4 Å². The number of aryl methyl sites for hydroxylation is 1. The Morgan fingerprint density at radius 1 is 1.11 bits per heavy atom. The summed E-state index contributed by atoms with van der Waals surface area (Å²) >= 11 is 0. The molecule has 1 saturated carbocycles. The van der Waals surface area contributed by atoms with E-state index in [4.69, 9.17) is 5.11 Å². The number of carbonyl (C=O) groups is 3. The van der Waals surface area contributed by atoms with Gasteiger partial charge in [-0.25, -0.2) is 14.8 Å². The zero-order valence-electron chi connectivity index (χ0n) is 14.5. The van der Waals surface area contributed by atoms with Gasteiger partial charge in [0.05, 0.1) is 0 Å². The average molecular weight is 366 g/mol. The number of hydrogen-bond acceptors (Lipinski definition) is 5. The van der Waals surface area contributed by atoms with Crippen LogP contribution in [0.2, 0.25) is 0 Å². The molecule has 0 radical (unpaired) electrons. The second-order valence-electron chi connectivity index (χ2n) is 6.72. The number of rotatable bonds is 4. The normalized spacial score (nSPS) is 15.8. The number of benzene rings is 1. The third kappa shape index (κ3) is 3.38. The minimum atomic E-state index is -1.32. The molecule has 2 amide bonds. The van der Waals surface area contributed by atoms with Crippen LogP contribution in [0.1, 0.15) is 45.8 Å². The van der Waals surface area contributed by atoms with E-state index in [-0.39, 0.29) is 17.5 Å². The molecule has 1 fully saturated rings. The van der Waals surface area contributed by atoms with Crippen molar-refractivity contribution in [1.82, 2.24) is 9.97 Å². The van der Waals surface area contributed by atoms with E-state index in [9.17, 15) is 14.4 Å². The van der Waals surface area contributed by atoms with Gasteiger partial charge in [-0.1, -0.05) is 6.07 Å². The van der Waals surface area contributed by atoms with Crippen LogP contribution in [0, 0.1) is 5.92 Å². The summed E-state index contributed by atoms with van der Waals surface area (Å²) in [5.74, 6) is -1.72. The fourth-order valence-corrected chi connectivity index (χ4v) is 3.28. The van der Waals surface area contributed by atoms with E-state index in [1.807, 2.05) is 6.07 Å². The van der Waals surface area contributed by atoms with E-state index >= 15 is 0 Å². The lowest BCUT2D eigenvalue weighted by molar-refractivity contribution is -0.119. The van der Waals surface area contributed by atoms with E-state index in [0.717, 1.165) is 36.9 Å². The van der Waals surface area contributed by atoms with E-state index < -0.39 is 17.6 Å². The molecule has 2 heterocycles. The first-order valence-electron chi connectivity index (χ1n) is 8.84. The second kappa shape index (κ2) is 6.79. The Hall–Kier alpha value is -3.29. The second-order valence-corrected chi connectivity index (χ2v) is 6.72. The molecule has 8 nitrogen and oxygen atoms in total. The molecule has 0 atom stereocenters. The molecule has 0 spiro atoms. The number of amides is 2. The van der Waals surface area contributed by atoms with Crippen LogP contribution in [0.25, 0.3) is 0 Å². The van der Waals surface area contributed by atoms with Crippen LogP contribution in [-0.2, 0) is 11.2 Å². The van der Waals surface area contributed by atoms with Crippen LogP contribution < -0.4 is 10.2 Å². The predicted octanol–water partition coefficient (Wildman–Crippen LogP) is 2.12. The Kier molecular flexibility index (Phi) is 4.31. The number of carbonyl (C=O) groups excluding carboxylic acids is 2. The number of hydrogen-bond donors (Lipinski definition) is 2. The van der Waals surface area contributed by atoms with Gasteiger partial charge in [-0.2, -0.15) is 0 Å². The molecule has 4 rings (SSSR count). The van der Waals surface area contributed by atoms with Gasteiger partial charge in [0.2, 0.25) is 5.91 Å². The molecule has 0 unspecified atom stereocenters. The maximum atomic E-state index is 12.6. The van der Waals surface area contributed by atoms with E-state index in [1.165, 1.54) is 12.4 Å². The highest BCUT2D eigenvalue weighted by Crippen LogP contribution is 2.37. The molecule has 0 saturated heterocycles. The van der Waals surface area contributed by atoms with Crippen molar-refractivity contribution in [2.45, 2.75) is 25.7 Å². The summed E-state index contributed by atoms with van der Waals surface area (Å²) in [4.78, 5) is 45.6. The Bertz CT molecular complexity index is 939. The zero-order chi connectivity index (χ0) is 19.0. The molecule has 1 aliphatic carbocycles. The molecule has 1 aromatic heterocycles. The molecule has 2 aliphatic rings. The van der Waals surface area contributed by atoms with Gasteiger partial charge in [0.25, 0.3) is 5.91 Å². The van der Waals surface area contributed by atoms with Gasteiger partial charge in [0, 0.05) is 36.2 Å². The number of nitrogens with one attached hydrogen (secondary N) is 1.